The third-order valence-electron chi connectivity index (χ3n) is 5.39. The van der Waals surface area contributed by atoms with Gasteiger partial charge in [0.2, 0.25) is 10.0 Å². The molecule has 4 rings (SSSR count). The minimum Gasteiger partial charge on any atom is -0.330 e. The lowest BCUT2D eigenvalue weighted by atomic mass is 9.89. The fraction of sp³-hybridized carbons (Fsp3) is 0.300. The molecule has 2 aromatic heterocycles. The molecule has 28 heavy (non-hydrogen) atoms. The summed E-state index contributed by atoms with van der Waals surface area (Å²) in [6.45, 7) is 3.02. The summed E-state index contributed by atoms with van der Waals surface area (Å²) in [5.74, 6) is 0.764. The van der Waals surface area contributed by atoms with Crippen molar-refractivity contribution in [1.82, 2.24) is 19.1 Å². The number of nitrogens with two attached hydrogens (primary N) is 1. The molecule has 146 valence electrons. The van der Waals surface area contributed by atoms with Gasteiger partial charge in [-0.25, -0.2) is 18.1 Å². The first-order valence-electron chi connectivity index (χ1n) is 9.23. The normalized spacial score (nSPS) is 20.5. The zero-order valence-corrected chi connectivity index (χ0v) is 16.5. The summed E-state index contributed by atoms with van der Waals surface area (Å²) in [4.78, 5) is 4.47. The number of aromatic nitrogens is 3. The first kappa shape index (κ1) is 18.8. The van der Waals surface area contributed by atoms with Gasteiger partial charge in [-0.2, -0.15) is 9.40 Å². The molecule has 0 bridgehead atoms. The standard InChI is InChI=1S/C20H23N5O2S/c1-15-19(12-23-25(15)20-9-5-6-10-22-20)28(26,27)24-13-17(11-21)18(14-24)16-7-3-2-4-8-16/h2-10,12,17-18H,11,13-14,21H2,1H3/t17-,18+/m1/s1. The molecule has 0 aliphatic carbocycles. The van der Waals surface area contributed by atoms with Crippen LogP contribution in [0.25, 0.3) is 5.82 Å². The second kappa shape index (κ2) is 7.46. The third-order valence-corrected chi connectivity index (χ3v) is 7.32. The molecule has 1 fully saturated rings. The molecule has 3 heterocycles. The highest BCUT2D eigenvalue weighted by atomic mass is 32.2. The van der Waals surface area contributed by atoms with Crippen molar-refractivity contribution in [2.75, 3.05) is 19.6 Å². The number of sulfonamides is 1. The van der Waals surface area contributed by atoms with Crippen LogP contribution in [0.1, 0.15) is 17.2 Å². The summed E-state index contributed by atoms with van der Waals surface area (Å²) in [6.07, 6.45) is 3.06. The van der Waals surface area contributed by atoms with Gasteiger partial charge in [-0.3, -0.25) is 0 Å². The summed E-state index contributed by atoms with van der Waals surface area (Å²) < 4.78 is 29.8. The predicted octanol–water partition coefficient (Wildman–Crippen LogP) is 1.94. The summed E-state index contributed by atoms with van der Waals surface area (Å²) in [5, 5.41) is 4.26. The summed E-state index contributed by atoms with van der Waals surface area (Å²) in [5.41, 5.74) is 7.64. The van der Waals surface area contributed by atoms with Crippen molar-refractivity contribution in [3.8, 4) is 5.82 Å². The van der Waals surface area contributed by atoms with Crippen LogP contribution in [0.5, 0.6) is 0 Å². The Bertz CT molecular complexity index is 1050. The van der Waals surface area contributed by atoms with Crippen LogP contribution in [0.15, 0.2) is 65.8 Å². The van der Waals surface area contributed by atoms with Crippen LogP contribution >= 0.6 is 0 Å². The van der Waals surface area contributed by atoms with Crippen molar-refractivity contribution in [3.05, 3.63) is 72.2 Å². The van der Waals surface area contributed by atoms with Gasteiger partial charge in [0.05, 0.1) is 11.9 Å². The molecule has 8 heteroatoms. The highest BCUT2D eigenvalue weighted by Crippen LogP contribution is 2.35. The maximum Gasteiger partial charge on any atom is 0.246 e. The van der Waals surface area contributed by atoms with Crippen LogP contribution in [-0.4, -0.2) is 47.1 Å². The second-order valence-electron chi connectivity index (χ2n) is 7.03. The van der Waals surface area contributed by atoms with Crippen molar-refractivity contribution in [2.24, 2.45) is 11.7 Å². The van der Waals surface area contributed by atoms with Gasteiger partial charge >= 0.3 is 0 Å². The summed E-state index contributed by atoms with van der Waals surface area (Å²) in [7, 11) is -3.67. The van der Waals surface area contributed by atoms with E-state index in [1.807, 2.05) is 36.4 Å². The SMILES string of the molecule is Cc1c(S(=O)(=O)N2C[C@@H](CN)[C@H](c3ccccc3)C2)cnn1-c1ccccn1. The van der Waals surface area contributed by atoms with Crippen molar-refractivity contribution in [1.29, 1.82) is 0 Å². The van der Waals surface area contributed by atoms with Gasteiger partial charge in [0.1, 0.15) is 4.90 Å². The number of benzene rings is 1. The molecule has 0 saturated carbocycles. The van der Waals surface area contributed by atoms with E-state index >= 15 is 0 Å². The van der Waals surface area contributed by atoms with Crippen molar-refractivity contribution in [2.45, 2.75) is 17.7 Å². The minimum absolute atomic E-state index is 0.0864. The Morgan fingerprint density at radius 1 is 1.11 bits per heavy atom. The number of hydrogen-bond donors (Lipinski definition) is 1. The zero-order chi connectivity index (χ0) is 19.7. The second-order valence-corrected chi connectivity index (χ2v) is 8.94. The first-order chi connectivity index (χ1) is 13.5. The van der Waals surface area contributed by atoms with Crippen LogP contribution < -0.4 is 5.73 Å². The number of nitrogens with zero attached hydrogens (tertiary/aromatic N) is 4. The highest BCUT2D eigenvalue weighted by molar-refractivity contribution is 7.89. The number of hydrogen-bond acceptors (Lipinski definition) is 5. The highest BCUT2D eigenvalue weighted by Gasteiger charge is 2.40. The predicted molar refractivity (Wildman–Crippen MR) is 107 cm³/mol. The molecule has 1 aromatic carbocycles. The third kappa shape index (κ3) is 3.23. The Balaban J connectivity index is 1.65. The molecule has 2 N–H and O–H groups in total. The Morgan fingerprint density at radius 2 is 1.86 bits per heavy atom. The Morgan fingerprint density at radius 3 is 2.54 bits per heavy atom. The van der Waals surface area contributed by atoms with Gasteiger partial charge in [0.15, 0.2) is 5.82 Å². The average Bonchev–Trinajstić information content (AvgIpc) is 3.34. The maximum atomic E-state index is 13.3. The molecule has 3 aromatic rings. The van der Waals surface area contributed by atoms with E-state index in [0.717, 1.165) is 5.56 Å². The van der Waals surface area contributed by atoms with Crippen LogP contribution in [0.4, 0.5) is 0 Å². The van der Waals surface area contributed by atoms with E-state index in [-0.39, 0.29) is 16.7 Å². The van der Waals surface area contributed by atoms with E-state index in [0.29, 0.717) is 31.1 Å². The van der Waals surface area contributed by atoms with E-state index in [9.17, 15) is 8.42 Å². The van der Waals surface area contributed by atoms with E-state index in [1.54, 1.807) is 29.9 Å². The fourth-order valence-electron chi connectivity index (χ4n) is 3.84. The van der Waals surface area contributed by atoms with Crippen LogP contribution in [0.3, 0.4) is 0 Å². The van der Waals surface area contributed by atoms with E-state index in [2.05, 4.69) is 10.1 Å². The molecular formula is C20H23N5O2S. The molecule has 0 spiro atoms. The van der Waals surface area contributed by atoms with Crippen LogP contribution in [0, 0.1) is 12.8 Å². The monoisotopic (exact) mass is 397 g/mol. The number of rotatable bonds is 5. The maximum absolute atomic E-state index is 13.3. The van der Waals surface area contributed by atoms with E-state index in [4.69, 9.17) is 5.73 Å². The van der Waals surface area contributed by atoms with Crippen molar-refractivity contribution >= 4 is 10.0 Å². The minimum atomic E-state index is -3.67. The molecular weight excluding hydrogens is 374 g/mol. The molecule has 0 amide bonds. The Hall–Kier alpha value is -2.55. The van der Waals surface area contributed by atoms with E-state index in [1.165, 1.54) is 10.5 Å². The fourth-order valence-corrected chi connectivity index (χ4v) is 5.50. The van der Waals surface area contributed by atoms with Gasteiger partial charge in [-0.05, 0) is 37.1 Å². The topological polar surface area (TPSA) is 94.1 Å². The molecule has 7 nitrogen and oxygen atoms in total. The summed E-state index contributed by atoms with van der Waals surface area (Å²) in [6, 6.07) is 15.4. The largest absolute Gasteiger partial charge is 0.330 e. The lowest BCUT2D eigenvalue weighted by Crippen LogP contribution is -2.30. The van der Waals surface area contributed by atoms with Gasteiger partial charge in [-0.1, -0.05) is 36.4 Å². The van der Waals surface area contributed by atoms with Crippen molar-refractivity contribution in [3.63, 3.8) is 0 Å². The van der Waals surface area contributed by atoms with E-state index < -0.39 is 10.0 Å². The van der Waals surface area contributed by atoms with Gasteiger partial charge in [-0.15, -0.1) is 0 Å². The van der Waals surface area contributed by atoms with Gasteiger partial charge < -0.3 is 5.73 Å². The van der Waals surface area contributed by atoms with Gasteiger partial charge in [0.25, 0.3) is 0 Å². The molecule has 1 aliphatic rings. The van der Waals surface area contributed by atoms with Gasteiger partial charge in [0, 0.05) is 25.2 Å². The molecule has 2 atom stereocenters. The van der Waals surface area contributed by atoms with Crippen molar-refractivity contribution < 1.29 is 8.42 Å². The Kier molecular flexibility index (Phi) is 5.01. The molecule has 1 saturated heterocycles. The quantitative estimate of drug-likeness (QED) is 0.710. The molecule has 0 radical (unpaired) electrons. The number of pyridine rings is 1. The molecule has 0 unspecified atom stereocenters. The zero-order valence-electron chi connectivity index (χ0n) is 15.6. The van der Waals surface area contributed by atoms with Crippen LogP contribution in [0.2, 0.25) is 0 Å². The smallest absolute Gasteiger partial charge is 0.246 e. The Labute approximate surface area is 164 Å². The lowest BCUT2D eigenvalue weighted by Gasteiger charge is -2.17. The molecule has 1 aliphatic heterocycles. The average molecular weight is 398 g/mol. The van der Waals surface area contributed by atoms with Crippen LogP contribution in [-0.2, 0) is 10.0 Å². The first-order valence-corrected chi connectivity index (χ1v) is 10.7. The summed E-state index contributed by atoms with van der Waals surface area (Å²) >= 11 is 0. The lowest BCUT2D eigenvalue weighted by molar-refractivity contribution is 0.458.